The maximum atomic E-state index is 9.16. The van der Waals surface area contributed by atoms with Gasteiger partial charge in [0, 0.05) is 6.54 Å². The molecule has 1 aliphatic heterocycles. The molecule has 3 heteroatoms. The molecule has 0 aromatic carbocycles. The molecule has 1 atom stereocenters. The topological polar surface area (TPSA) is 49.5 Å². The van der Waals surface area contributed by atoms with Gasteiger partial charge in [-0.05, 0) is 45.3 Å². The molecule has 0 amide bonds. The van der Waals surface area contributed by atoms with Gasteiger partial charge >= 0.3 is 0 Å². The van der Waals surface area contributed by atoms with Crippen LogP contribution < -0.4 is 5.73 Å². The zero-order valence-electron chi connectivity index (χ0n) is 7.87. The molecule has 12 heavy (non-hydrogen) atoms. The lowest BCUT2D eigenvalue weighted by Crippen LogP contribution is -2.39. The fourth-order valence-electron chi connectivity index (χ4n) is 1.78. The summed E-state index contributed by atoms with van der Waals surface area (Å²) in [6, 6.07) is 0. The second-order valence-electron chi connectivity index (χ2n) is 3.83. The van der Waals surface area contributed by atoms with Gasteiger partial charge in [-0.15, -0.1) is 0 Å². The van der Waals surface area contributed by atoms with Gasteiger partial charge in [0.15, 0.2) is 0 Å². The van der Waals surface area contributed by atoms with Crippen LogP contribution >= 0.6 is 0 Å². The highest BCUT2D eigenvalue weighted by Crippen LogP contribution is 2.15. The minimum Gasteiger partial charge on any atom is -0.392 e. The molecule has 3 N–H and O–H groups in total. The van der Waals surface area contributed by atoms with Gasteiger partial charge in [-0.1, -0.05) is 0 Å². The standard InChI is InChI=1S/C9H20N2O/c1-8(12)7-11-4-2-9(6-10)3-5-11/h8-9,12H,2-7,10H2,1H3/t8-/m1/s1. The van der Waals surface area contributed by atoms with Gasteiger partial charge in [0.05, 0.1) is 6.10 Å². The van der Waals surface area contributed by atoms with Crippen molar-refractivity contribution in [1.29, 1.82) is 0 Å². The summed E-state index contributed by atoms with van der Waals surface area (Å²) in [5.74, 6) is 0.718. The largest absolute Gasteiger partial charge is 0.392 e. The van der Waals surface area contributed by atoms with Gasteiger partial charge in [0.25, 0.3) is 0 Å². The second-order valence-corrected chi connectivity index (χ2v) is 3.83. The van der Waals surface area contributed by atoms with Gasteiger partial charge in [-0.25, -0.2) is 0 Å². The molecule has 0 aromatic rings. The SMILES string of the molecule is C[C@@H](O)CN1CCC(CN)CC1. The highest BCUT2D eigenvalue weighted by atomic mass is 16.3. The van der Waals surface area contributed by atoms with Crippen LogP contribution in [-0.2, 0) is 0 Å². The molecule has 1 fully saturated rings. The summed E-state index contributed by atoms with van der Waals surface area (Å²) in [5, 5.41) is 9.16. The summed E-state index contributed by atoms with van der Waals surface area (Å²) in [5.41, 5.74) is 5.58. The summed E-state index contributed by atoms with van der Waals surface area (Å²) in [6.45, 7) is 5.69. The molecule has 0 aromatic heterocycles. The van der Waals surface area contributed by atoms with Gasteiger partial charge in [0.1, 0.15) is 0 Å². The molecule has 1 heterocycles. The molecule has 0 aliphatic carbocycles. The first-order valence-electron chi connectivity index (χ1n) is 4.83. The summed E-state index contributed by atoms with van der Waals surface area (Å²) in [7, 11) is 0. The van der Waals surface area contributed by atoms with E-state index in [1.54, 1.807) is 0 Å². The lowest BCUT2D eigenvalue weighted by molar-refractivity contribution is 0.101. The summed E-state index contributed by atoms with van der Waals surface area (Å²) >= 11 is 0. The van der Waals surface area contributed by atoms with Gasteiger partial charge < -0.3 is 15.7 Å². The van der Waals surface area contributed by atoms with E-state index < -0.39 is 0 Å². The lowest BCUT2D eigenvalue weighted by Gasteiger charge is -2.31. The number of nitrogens with two attached hydrogens (primary N) is 1. The van der Waals surface area contributed by atoms with E-state index in [1.165, 1.54) is 12.8 Å². The molecule has 0 unspecified atom stereocenters. The summed E-state index contributed by atoms with van der Waals surface area (Å²) < 4.78 is 0. The molecule has 1 rings (SSSR count). The first-order valence-corrected chi connectivity index (χ1v) is 4.83. The van der Waals surface area contributed by atoms with Crippen molar-refractivity contribution >= 4 is 0 Å². The van der Waals surface area contributed by atoms with Crippen LogP contribution in [0.4, 0.5) is 0 Å². The van der Waals surface area contributed by atoms with E-state index in [4.69, 9.17) is 10.8 Å². The smallest absolute Gasteiger partial charge is 0.0639 e. The van der Waals surface area contributed by atoms with E-state index in [0.717, 1.165) is 32.1 Å². The molecular weight excluding hydrogens is 152 g/mol. The first-order chi connectivity index (χ1) is 5.72. The Labute approximate surface area is 74.5 Å². The van der Waals surface area contributed by atoms with Crippen LogP contribution in [-0.4, -0.2) is 42.3 Å². The van der Waals surface area contributed by atoms with Crippen LogP contribution in [0.1, 0.15) is 19.8 Å². The van der Waals surface area contributed by atoms with Crippen LogP contribution in [0.25, 0.3) is 0 Å². The second kappa shape index (κ2) is 4.80. The van der Waals surface area contributed by atoms with E-state index in [2.05, 4.69) is 4.90 Å². The van der Waals surface area contributed by atoms with Crippen LogP contribution in [0.5, 0.6) is 0 Å². The summed E-state index contributed by atoms with van der Waals surface area (Å²) in [6.07, 6.45) is 2.20. The molecule has 0 saturated carbocycles. The van der Waals surface area contributed by atoms with E-state index in [9.17, 15) is 0 Å². The fraction of sp³-hybridized carbons (Fsp3) is 1.00. The Bertz CT molecular complexity index is 120. The Hall–Kier alpha value is -0.120. The Morgan fingerprint density at radius 1 is 1.50 bits per heavy atom. The Kier molecular flexibility index (Phi) is 3.98. The average molecular weight is 172 g/mol. The molecule has 0 spiro atoms. The zero-order valence-corrected chi connectivity index (χ0v) is 7.87. The number of aliphatic hydroxyl groups is 1. The number of hydrogen-bond acceptors (Lipinski definition) is 3. The molecule has 0 bridgehead atoms. The van der Waals surface area contributed by atoms with Crippen molar-refractivity contribution in [2.75, 3.05) is 26.2 Å². The minimum atomic E-state index is -0.195. The maximum Gasteiger partial charge on any atom is 0.0639 e. The maximum absolute atomic E-state index is 9.16. The van der Waals surface area contributed by atoms with Crippen LogP contribution in [0.2, 0.25) is 0 Å². The van der Waals surface area contributed by atoms with Crippen molar-refractivity contribution in [2.45, 2.75) is 25.9 Å². The van der Waals surface area contributed by atoms with Crippen molar-refractivity contribution < 1.29 is 5.11 Å². The third-order valence-electron chi connectivity index (χ3n) is 2.56. The lowest BCUT2D eigenvalue weighted by atomic mass is 9.97. The highest BCUT2D eigenvalue weighted by molar-refractivity contribution is 4.73. The minimum absolute atomic E-state index is 0.195. The van der Waals surface area contributed by atoms with E-state index >= 15 is 0 Å². The van der Waals surface area contributed by atoms with E-state index in [-0.39, 0.29) is 6.10 Å². The van der Waals surface area contributed by atoms with E-state index in [1.807, 2.05) is 6.92 Å². The van der Waals surface area contributed by atoms with Crippen molar-refractivity contribution in [3.05, 3.63) is 0 Å². The molecule has 1 aliphatic rings. The van der Waals surface area contributed by atoms with Crippen molar-refractivity contribution in [2.24, 2.45) is 11.7 Å². The third-order valence-corrected chi connectivity index (χ3v) is 2.56. The number of likely N-dealkylation sites (tertiary alicyclic amines) is 1. The molecule has 0 radical (unpaired) electrons. The van der Waals surface area contributed by atoms with Crippen LogP contribution in [0.15, 0.2) is 0 Å². The number of rotatable bonds is 3. The van der Waals surface area contributed by atoms with Crippen LogP contribution in [0.3, 0.4) is 0 Å². The Morgan fingerprint density at radius 2 is 2.08 bits per heavy atom. The zero-order chi connectivity index (χ0) is 8.97. The number of piperidine rings is 1. The Balaban J connectivity index is 2.17. The predicted octanol–water partition coefficient (Wildman–Crippen LogP) is 0.0379. The molecule has 1 saturated heterocycles. The van der Waals surface area contributed by atoms with Gasteiger partial charge in [0.2, 0.25) is 0 Å². The average Bonchev–Trinajstić information content (AvgIpc) is 2.05. The third kappa shape index (κ3) is 3.09. The quantitative estimate of drug-likeness (QED) is 0.632. The molecular formula is C9H20N2O. The normalized spacial score (nSPS) is 24.2. The van der Waals surface area contributed by atoms with Crippen molar-refractivity contribution in [3.63, 3.8) is 0 Å². The molecule has 72 valence electrons. The highest BCUT2D eigenvalue weighted by Gasteiger charge is 2.18. The van der Waals surface area contributed by atoms with Crippen molar-refractivity contribution in [3.8, 4) is 0 Å². The van der Waals surface area contributed by atoms with Crippen LogP contribution in [0, 0.1) is 5.92 Å². The number of β-amino-alcohol motifs (C(OH)–C–C–N with tert-alkyl or cyclic N) is 1. The monoisotopic (exact) mass is 172 g/mol. The number of hydrogen-bond donors (Lipinski definition) is 2. The van der Waals surface area contributed by atoms with E-state index in [0.29, 0.717) is 0 Å². The Morgan fingerprint density at radius 3 is 2.50 bits per heavy atom. The first kappa shape index (κ1) is 9.96. The number of nitrogens with zero attached hydrogens (tertiary/aromatic N) is 1. The van der Waals surface area contributed by atoms with Crippen molar-refractivity contribution in [1.82, 2.24) is 4.90 Å². The van der Waals surface area contributed by atoms with Gasteiger partial charge in [-0.3, -0.25) is 0 Å². The summed E-state index contributed by atoms with van der Waals surface area (Å²) in [4.78, 5) is 2.32. The van der Waals surface area contributed by atoms with Gasteiger partial charge in [-0.2, -0.15) is 0 Å². The number of aliphatic hydroxyl groups excluding tert-OH is 1. The predicted molar refractivity (Wildman–Crippen MR) is 49.9 cm³/mol. The fourth-order valence-corrected chi connectivity index (χ4v) is 1.78. The molecule has 3 nitrogen and oxygen atoms in total.